The molecule has 1 atom stereocenters. The van der Waals surface area contributed by atoms with E-state index in [1.165, 1.54) is 6.08 Å². The van der Waals surface area contributed by atoms with Crippen molar-refractivity contribution in [3.63, 3.8) is 0 Å². The normalized spacial score (nSPS) is 24.0. The molecule has 3 rings (SSSR count). The van der Waals surface area contributed by atoms with Crippen LogP contribution in [0.5, 0.6) is 0 Å². The molecule has 22 heavy (non-hydrogen) atoms. The van der Waals surface area contributed by atoms with Crippen LogP contribution in [0.25, 0.3) is 6.08 Å². The third-order valence-electron chi connectivity index (χ3n) is 3.95. The van der Waals surface area contributed by atoms with Gasteiger partial charge < -0.3 is 5.32 Å². The Bertz CT molecular complexity index is 735. The minimum atomic E-state index is -3.00. The molecule has 2 heterocycles. The van der Waals surface area contributed by atoms with Crippen molar-refractivity contribution in [2.24, 2.45) is 0 Å². The van der Waals surface area contributed by atoms with Crippen LogP contribution in [0.4, 0.5) is 0 Å². The lowest BCUT2D eigenvalue weighted by Gasteiger charge is -2.09. The highest BCUT2D eigenvalue weighted by Gasteiger charge is 2.31. The summed E-state index contributed by atoms with van der Waals surface area (Å²) in [6.07, 6.45) is 5.68. The molecule has 1 aromatic heterocycles. The van der Waals surface area contributed by atoms with Gasteiger partial charge in [-0.1, -0.05) is 11.6 Å². The zero-order valence-corrected chi connectivity index (χ0v) is 13.8. The van der Waals surface area contributed by atoms with E-state index in [-0.39, 0.29) is 23.5 Å². The van der Waals surface area contributed by atoms with Crippen molar-refractivity contribution in [1.82, 2.24) is 15.1 Å². The number of hydrogen-bond donors (Lipinski definition) is 1. The number of aryl methyl sites for hydroxylation is 1. The number of aromatic nitrogens is 2. The van der Waals surface area contributed by atoms with Gasteiger partial charge in [-0.25, -0.2) is 13.1 Å². The molecule has 1 aliphatic heterocycles. The molecule has 1 aliphatic carbocycles. The third-order valence-corrected chi connectivity index (χ3v) is 6.08. The van der Waals surface area contributed by atoms with Crippen LogP contribution in [0.15, 0.2) is 6.08 Å². The topological polar surface area (TPSA) is 81.1 Å². The number of rotatable bonds is 4. The Morgan fingerprint density at radius 1 is 1.41 bits per heavy atom. The van der Waals surface area contributed by atoms with E-state index in [2.05, 4.69) is 10.4 Å². The number of halogens is 1. The lowest BCUT2D eigenvalue weighted by molar-refractivity contribution is -0.116. The molecule has 0 spiro atoms. The second-order valence-corrected chi connectivity index (χ2v) is 8.49. The highest BCUT2D eigenvalue weighted by atomic mass is 35.5. The van der Waals surface area contributed by atoms with Crippen LogP contribution in [-0.2, 0) is 14.6 Å². The average molecular weight is 344 g/mol. The largest absolute Gasteiger partial charge is 0.350 e. The molecule has 1 amide bonds. The fraction of sp³-hybridized carbons (Fsp3) is 0.571. The molecule has 0 bridgehead atoms. The minimum Gasteiger partial charge on any atom is -0.350 e. The maximum Gasteiger partial charge on any atom is 0.244 e. The maximum atomic E-state index is 11.7. The molecule has 1 saturated heterocycles. The van der Waals surface area contributed by atoms with Crippen molar-refractivity contribution < 1.29 is 13.2 Å². The van der Waals surface area contributed by atoms with E-state index in [4.69, 9.17) is 11.6 Å². The number of nitrogens with zero attached hydrogens (tertiary/aromatic N) is 2. The van der Waals surface area contributed by atoms with Crippen molar-refractivity contribution >= 4 is 33.4 Å². The molecular weight excluding hydrogens is 326 g/mol. The van der Waals surface area contributed by atoms with E-state index in [9.17, 15) is 13.2 Å². The highest BCUT2D eigenvalue weighted by molar-refractivity contribution is 7.91. The number of sulfone groups is 1. The Balaban J connectivity index is 1.78. The Morgan fingerprint density at radius 2 is 2.14 bits per heavy atom. The van der Waals surface area contributed by atoms with E-state index in [0.717, 1.165) is 12.8 Å². The van der Waals surface area contributed by atoms with Gasteiger partial charge in [-0.2, -0.15) is 5.10 Å². The van der Waals surface area contributed by atoms with Gasteiger partial charge in [-0.15, -0.1) is 0 Å². The molecule has 6 nitrogen and oxygen atoms in total. The lowest BCUT2D eigenvalue weighted by atomic mass is 10.2. The maximum absolute atomic E-state index is 11.7. The van der Waals surface area contributed by atoms with Crippen molar-refractivity contribution in [2.45, 2.75) is 38.3 Å². The van der Waals surface area contributed by atoms with E-state index < -0.39 is 9.84 Å². The SMILES string of the molecule is Cc1nn([C@H]2CCS(=O)(=O)C2)c(Cl)c1/C=C/C(=O)NC1CC1. The third kappa shape index (κ3) is 3.35. The smallest absolute Gasteiger partial charge is 0.244 e. The monoisotopic (exact) mass is 343 g/mol. The number of carbonyl (C=O) groups is 1. The van der Waals surface area contributed by atoms with E-state index in [1.54, 1.807) is 17.7 Å². The Labute approximate surface area is 134 Å². The van der Waals surface area contributed by atoms with Crippen molar-refractivity contribution in [2.75, 3.05) is 11.5 Å². The van der Waals surface area contributed by atoms with Gasteiger partial charge in [0.1, 0.15) is 5.15 Å². The minimum absolute atomic E-state index is 0.0686. The average Bonchev–Trinajstić information content (AvgIpc) is 3.10. The van der Waals surface area contributed by atoms with E-state index in [0.29, 0.717) is 28.9 Å². The van der Waals surface area contributed by atoms with Crippen LogP contribution in [0.1, 0.15) is 36.6 Å². The summed E-state index contributed by atoms with van der Waals surface area (Å²) in [5.41, 5.74) is 1.35. The van der Waals surface area contributed by atoms with Gasteiger partial charge in [-0.05, 0) is 32.3 Å². The fourth-order valence-electron chi connectivity index (χ4n) is 2.57. The van der Waals surface area contributed by atoms with Crippen LogP contribution < -0.4 is 5.32 Å². The van der Waals surface area contributed by atoms with Gasteiger partial charge in [-0.3, -0.25) is 4.79 Å². The second kappa shape index (κ2) is 5.70. The second-order valence-electron chi connectivity index (χ2n) is 5.91. The zero-order chi connectivity index (χ0) is 15.9. The highest BCUT2D eigenvalue weighted by Crippen LogP contribution is 2.30. The summed E-state index contributed by atoms with van der Waals surface area (Å²) in [4.78, 5) is 11.7. The van der Waals surface area contributed by atoms with Crippen LogP contribution >= 0.6 is 11.6 Å². The molecule has 120 valence electrons. The predicted molar refractivity (Wildman–Crippen MR) is 84.5 cm³/mol. The van der Waals surface area contributed by atoms with E-state index >= 15 is 0 Å². The first kappa shape index (κ1) is 15.6. The summed E-state index contributed by atoms with van der Waals surface area (Å²) in [6, 6.07) is 0.0822. The predicted octanol–water partition coefficient (Wildman–Crippen LogP) is 1.50. The summed E-state index contributed by atoms with van der Waals surface area (Å²) in [5.74, 6) is 0.0928. The first-order valence-electron chi connectivity index (χ1n) is 7.29. The lowest BCUT2D eigenvalue weighted by Crippen LogP contribution is -2.22. The number of carbonyl (C=O) groups excluding carboxylic acids is 1. The first-order valence-corrected chi connectivity index (χ1v) is 9.49. The molecule has 0 unspecified atom stereocenters. The first-order chi connectivity index (χ1) is 10.4. The van der Waals surface area contributed by atoms with Gasteiger partial charge in [0.05, 0.1) is 23.2 Å². The Kier molecular flexibility index (Phi) is 4.03. The van der Waals surface area contributed by atoms with Gasteiger partial charge in [0, 0.05) is 17.7 Å². The molecule has 2 aliphatic rings. The number of hydrogen-bond acceptors (Lipinski definition) is 4. The van der Waals surface area contributed by atoms with Gasteiger partial charge in [0.2, 0.25) is 5.91 Å². The molecule has 2 fully saturated rings. The van der Waals surface area contributed by atoms with Crippen LogP contribution in [0.3, 0.4) is 0 Å². The van der Waals surface area contributed by atoms with E-state index in [1.807, 2.05) is 0 Å². The standard InChI is InChI=1S/C14H18ClN3O3S/c1-9-12(4-5-13(19)16-10-2-3-10)14(15)18(17-9)11-6-7-22(20,21)8-11/h4-5,10-11H,2-3,6-8H2,1H3,(H,16,19)/b5-4+/t11-/m0/s1. The van der Waals surface area contributed by atoms with Gasteiger partial charge in [0.25, 0.3) is 0 Å². The Hall–Kier alpha value is -1.34. The fourth-order valence-corrected chi connectivity index (χ4v) is 4.64. The summed E-state index contributed by atoms with van der Waals surface area (Å²) >= 11 is 6.33. The number of nitrogens with one attached hydrogen (secondary N) is 1. The molecule has 8 heteroatoms. The van der Waals surface area contributed by atoms with Crippen LogP contribution in [0.2, 0.25) is 5.15 Å². The summed E-state index contributed by atoms with van der Waals surface area (Å²) in [5, 5.41) is 7.59. The van der Waals surface area contributed by atoms with Crippen LogP contribution in [0, 0.1) is 6.92 Å². The van der Waals surface area contributed by atoms with Crippen LogP contribution in [-0.4, -0.2) is 41.7 Å². The zero-order valence-electron chi connectivity index (χ0n) is 12.3. The molecular formula is C14H18ClN3O3S. The van der Waals surface area contributed by atoms with Crippen molar-refractivity contribution in [3.8, 4) is 0 Å². The molecule has 1 N–H and O–H groups in total. The van der Waals surface area contributed by atoms with Gasteiger partial charge in [0.15, 0.2) is 9.84 Å². The summed E-state index contributed by atoms with van der Waals surface area (Å²) < 4.78 is 24.7. The molecule has 1 aromatic rings. The molecule has 1 saturated carbocycles. The number of amides is 1. The Morgan fingerprint density at radius 3 is 2.73 bits per heavy atom. The molecule has 0 aromatic carbocycles. The summed E-state index contributed by atoms with van der Waals surface area (Å²) in [6.45, 7) is 1.80. The van der Waals surface area contributed by atoms with Crippen molar-refractivity contribution in [3.05, 3.63) is 22.5 Å². The quantitative estimate of drug-likeness (QED) is 0.840. The van der Waals surface area contributed by atoms with Gasteiger partial charge >= 0.3 is 0 Å². The summed E-state index contributed by atoms with van der Waals surface area (Å²) in [7, 11) is -3.00. The van der Waals surface area contributed by atoms with Crippen molar-refractivity contribution in [1.29, 1.82) is 0 Å². The molecule has 0 radical (unpaired) electrons.